The molecule has 0 radical (unpaired) electrons. The summed E-state index contributed by atoms with van der Waals surface area (Å²) >= 11 is 0. The van der Waals surface area contributed by atoms with Crippen molar-refractivity contribution in [3.63, 3.8) is 0 Å². The number of carbonyl (C=O) groups is 1. The Labute approximate surface area is 99.3 Å². The third kappa shape index (κ3) is 3.94. The highest BCUT2D eigenvalue weighted by Gasteiger charge is 2.05. The first-order valence-corrected chi connectivity index (χ1v) is 6.36. The number of carbonyl (C=O) groups excluding carboxylic acids is 1. The highest BCUT2D eigenvalue weighted by atomic mass is 32.2. The Morgan fingerprint density at radius 1 is 1.53 bits per heavy atom. The summed E-state index contributed by atoms with van der Waals surface area (Å²) in [5.41, 5.74) is -0.504. The van der Waals surface area contributed by atoms with Crippen molar-refractivity contribution in [1.29, 1.82) is 0 Å². The fraction of sp³-hybridized carbons (Fsp3) is 0.500. The lowest BCUT2D eigenvalue weighted by molar-refractivity contribution is -0.134. The molecule has 0 spiro atoms. The van der Waals surface area contributed by atoms with Gasteiger partial charge in [0.15, 0.2) is 0 Å². The molecule has 0 aromatic carbocycles. The van der Waals surface area contributed by atoms with Gasteiger partial charge >= 0.3 is 11.7 Å². The van der Waals surface area contributed by atoms with Crippen molar-refractivity contribution in [3.8, 4) is 0 Å². The van der Waals surface area contributed by atoms with Gasteiger partial charge in [0, 0.05) is 35.1 Å². The topological polar surface area (TPSA) is 96.1 Å². The minimum absolute atomic E-state index is 0.216. The molecule has 0 saturated carbocycles. The van der Waals surface area contributed by atoms with Crippen molar-refractivity contribution in [2.45, 2.75) is 6.54 Å². The fourth-order valence-corrected chi connectivity index (χ4v) is 1.36. The SMILES string of the molecule is COC(=O)/C=C/n1nnn(CCS(C)=O)c1=O. The normalized spacial score (nSPS) is 12.8. The molecule has 1 unspecified atom stereocenters. The Morgan fingerprint density at radius 2 is 2.24 bits per heavy atom. The Balaban J connectivity index is 2.77. The fourth-order valence-electron chi connectivity index (χ4n) is 0.935. The van der Waals surface area contributed by atoms with Crippen LogP contribution in [0, 0.1) is 0 Å². The molecule has 0 saturated heterocycles. The Bertz CT molecular complexity index is 504. The van der Waals surface area contributed by atoms with Gasteiger partial charge in [-0.15, -0.1) is 0 Å². The quantitative estimate of drug-likeness (QED) is 0.470. The van der Waals surface area contributed by atoms with Gasteiger partial charge in [-0.25, -0.2) is 9.59 Å². The lowest BCUT2D eigenvalue weighted by atomic mass is 10.6. The molecular weight excluding hydrogens is 248 g/mol. The molecule has 8 nitrogen and oxygen atoms in total. The van der Waals surface area contributed by atoms with Gasteiger partial charge in [-0.3, -0.25) is 4.21 Å². The molecule has 17 heavy (non-hydrogen) atoms. The number of hydrogen-bond donors (Lipinski definition) is 0. The second-order valence-corrected chi connectivity index (χ2v) is 4.60. The molecule has 0 aliphatic rings. The molecule has 0 amide bonds. The first-order valence-electron chi connectivity index (χ1n) is 4.63. The Morgan fingerprint density at radius 3 is 2.82 bits per heavy atom. The van der Waals surface area contributed by atoms with E-state index < -0.39 is 22.5 Å². The lowest BCUT2D eigenvalue weighted by Crippen LogP contribution is -2.24. The van der Waals surface area contributed by atoms with Crippen LogP contribution in [0.15, 0.2) is 10.9 Å². The number of aryl methyl sites for hydroxylation is 1. The standard InChI is InChI=1S/C8H12N4O4S/c1-16-7(13)3-4-11-8(14)12(10-9-11)5-6-17(2)15/h3-4H,5-6H2,1-2H3/b4-3+. The van der Waals surface area contributed by atoms with Gasteiger partial charge in [0.05, 0.1) is 13.7 Å². The third-order valence-corrected chi connectivity index (χ3v) is 2.56. The zero-order valence-corrected chi connectivity index (χ0v) is 10.2. The maximum Gasteiger partial charge on any atom is 0.367 e. The molecule has 94 valence electrons. The summed E-state index contributed by atoms with van der Waals surface area (Å²) in [4.78, 5) is 22.4. The summed E-state index contributed by atoms with van der Waals surface area (Å²) < 4.78 is 17.2. The molecule has 0 bridgehead atoms. The molecule has 1 heterocycles. The van der Waals surface area contributed by atoms with Crippen molar-refractivity contribution in [2.75, 3.05) is 19.1 Å². The zero-order valence-electron chi connectivity index (χ0n) is 9.40. The second-order valence-electron chi connectivity index (χ2n) is 3.05. The van der Waals surface area contributed by atoms with E-state index in [1.54, 1.807) is 0 Å². The molecule has 0 fully saturated rings. The Hall–Kier alpha value is -1.77. The van der Waals surface area contributed by atoms with Crippen LogP contribution in [0.5, 0.6) is 0 Å². The van der Waals surface area contributed by atoms with Gasteiger partial charge in [0.1, 0.15) is 0 Å². The molecule has 0 aliphatic carbocycles. The molecule has 1 aromatic rings. The number of ether oxygens (including phenoxy) is 1. The van der Waals surface area contributed by atoms with E-state index in [1.165, 1.54) is 13.4 Å². The van der Waals surface area contributed by atoms with Crippen LogP contribution in [0.2, 0.25) is 0 Å². The van der Waals surface area contributed by atoms with Crippen LogP contribution in [-0.2, 0) is 26.9 Å². The van der Waals surface area contributed by atoms with Crippen LogP contribution < -0.4 is 5.69 Å². The summed E-state index contributed by atoms with van der Waals surface area (Å²) in [5.74, 6) is -0.277. The number of tetrazole rings is 1. The van der Waals surface area contributed by atoms with E-state index >= 15 is 0 Å². The van der Waals surface area contributed by atoms with E-state index in [-0.39, 0.29) is 6.54 Å². The smallest absolute Gasteiger partial charge is 0.367 e. The van der Waals surface area contributed by atoms with Crippen LogP contribution in [0.4, 0.5) is 0 Å². The van der Waals surface area contributed by atoms with Gasteiger partial charge in [0.2, 0.25) is 0 Å². The van der Waals surface area contributed by atoms with Crippen molar-refractivity contribution in [1.82, 2.24) is 19.8 Å². The van der Waals surface area contributed by atoms with Gasteiger partial charge in [-0.2, -0.15) is 9.36 Å². The van der Waals surface area contributed by atoms with Crippen molar-refractivity contribution < 1.29 is 13.7 Å². The van der Waals surface area contributed by atoms with Crippen LogP contribution in [0.25, 0.3) is 6.20 Å². The average molecular weight is 260 g/mol. The molecule has 9 heteroatoms. The zero-order chi connectivity index (χ0) is 12.8. The van der Waals surface area contributed by atoms with Gasteiger partial charge in [0.25, 0.3) is 0 Å². The number of methoxy groups -OCH3 is 1. The first kappa shape index (κ1) is 13.3. The minimum atomic E-state index is -1.01. The van der Waals surface area contributed by atoms with Gasteiger partial charge in [-0.05, 0) is 10.4 Å². The highest BCUT2D eigenvalue weighted by molar-refractivity contribution is 7.84. The third-order valence-electron chi connectivity index (χ3n) is 1.80. The Kier molecular flexibility index (Phi) is 4.76. The first-order chi connectivity index (χ1) is 8.04. The van der Waals surface area contributed by atoms with Crippen molar-refractivity contribution in [2.24, 2.45) is 0 Å². The summed E-state index contributed by atoms with van der Waals surface area (Å²) in [6, 6.07) is 0. The number of hydrogen-bond acceptors (Lipinski definition) is 6. The van der Waals surface area contributed by atoms with Gasteiger partial charge in [-0.1, -0.05) is 0 Å². The second kappa shape index (κ2) is 6.09. The summed E-state index contributed by atoms with van der Waals surface area (Å²) in [7, 11) is 0.219. The maximum absolute atomic E-state index is 11.6. The molecule has 0 N–H and O–H groups in total. The van der Waals surface area contributed by atoms with Crippen molar-refractivity contribution >= 4 is 23.0 Å². The monoisotopic (exact) mass is 260 g/mol. The summed E-state index contributed by atoms with van der Waals surface area (Å²) in [6.07, 6.45) is 3.74. The lowest BCUT2D eigenvalue weighted by Gasteiger charge is -1.94. The average Bonchev–Trinajstić information content (AvgIpc) is 2.64. The van der Waals surface area contributed by atoms with Crippen LogP contribution in [0.1, 0.15) is 0 Å². The van der Waals surface area contributed by atoms with E-state index in [9.17, 15) is 13.8 Å². The predicted molar refractivity (Wildman–Crippen MR) is 60.6 cm³/mol. The van der Waals surface area contributed by atoms with Crippen molar-refractivity contribution in [3.05, 3.63) is 16.6 Å². The molecule has 0 aliphatic heterocycles. The largest absolute Gasteiger partial charge is 0.466 e. The number of aromatic nitrogens is 4. The predicted octanol–water partition coefficient (Wildman–Crippen LogP) is -1.54. The van der Waals surface area contributed by atoms with E-state index in [4.69, 9.17) is 0 Å². The van der Waals surface area contributed by atoms with Crippen LogP contribution in [0.3, 0.4) is 0 Å². The van der Waals surface area contributed by atoms with E-state index in [0.29, 0.717) is 5.75 Å². The molecule has 1 atom stereocenters. The summed E-state index contributed by atoms with van der Waals surface area (Å²) in [6.45, 7) is 0.216. The number of nitrogens with zero attached hydrogens (tertiary/aromatic N) is 4. The highest BCUT2D eigenvalue weighted by Crippen LogP contribution is 1.83. The van der Waals surface area contributed by atoms with Crippen LogP contribution >= 0.6 is 0 Å². The maximum atomic E-state index is 11.6. The molecule has 1 rings (SSSR count). The van der Waals surface area contributed by atoms with Crippen LogP contribution in [-0.4, -0.2) is 49.1 Å². The molecule has 1 aromatic heterocycles. The van der Waals surface area contributed by atoms with E-state index in [0.717, 1.165) is 21.6 Å². The number of esters is 1. The summed E-state index contributed by atoms with van der Waals surface area (Å²) in [5, 5.41) is 7.09. The minimum Gasteiger partial charge on any atom is -0.466 e. The van der Waals surface area contributed by atoms with E-state index in [2.05, 4.69) is 15.2 Å². The van der Waals surface area contributed by atoms with Gasteiger partial charge < -0.3 is 4.74 Å². The molecular formula is C8H12N4O4S. The number of rotatable bonds is 5. The van der Waals surface area contributed by atoms with E-state index in [1.807, 2.05) is 0 Å².